The molecule has 0 atom stereocenters. The number of halogens is 2. The highest BCUT2D eigenvalue weighted by Gasteiger charge is 2.04. The molecule has 0 radical (unpaired) electrons. The average Bonchev–Trinajstić information content (AvgIpc) is 2.33. The van der Waals surface area contributed by atoms with Gasteiger partial charge in [0.2, 0.25) is 0 Å². The number of nitrogens with zero attached hydrogens (tertiary/aromatic N) is 1. The second kappa shape index (κ2) is 5.39. The molecule has 0 saturated heterocycles. The number of nitriles is 1. The lowest BCUT2D eigenvalue weighted by Crippen LogP contribution is -1.95. The summed E-state index contributed by atoms with van der Waals surface area (Å²) in [5.74, 6) is 0. The summed E-state index contributed by atoms with van der Waals surface area (Å²) >= 11 is 8.10. The minimum atomic E-state index is 0.623. The molecule has 17 heavy (non-hydrogen) atoms. The first-order chi connectivity index (χ1) is 8.20. The lowest BCUT2D eigenvalue weighted by molar-refractivity contribution is 1.45. The summed E-state index contributed by atoms with van der Waals surface area (Å²) in [4.78, 5) is 0. The van der Waals surface area contributed by atoms with Crippen molar-refractivity contribution in [3.8, 4) is 6.07 Å². The molecule has 0 aromatic heterocycles. The molecule has 4 heteroatoms. The van der Waals surface area contributed by atoms with Crippen molar-refractivity contribution in [2.75, 3.05) is 5.32 Å². The second-order valence-corrected chi connectivity index (χ2v) is 5.01. The fraction of sp³-hybridized carbons (Fsp3) is 0. The van der Waals surface area contributed by atoms with Gasteiger partial charge in [0.05, 0.1) is 16.9 Å². The van der Waals surface area contributed by atoms with Gasteiger partial charge >= 0.3 is 0 Å². The van der Waals surface area contributed by atoms with Crippen molar-refractivity contribution >= 4 is 45.6 Å². The highest BCUT2D eigenvalue weighted by molar-refractivity contribution is 14.1. The second-order valence-electron chi connectivity index (χ2n) is 3.41. The van der Waals surface area contributed by atoms with Crippen molar-refractivity contribution in [3.63, 3.8) is 0 Å². The molecule has 2 rings (SSSR count). The van der Waals surface area contributed by atoms with Crippen molar-refractivity contribution in [3.05, 3.63) is 56.6 Å². The van der Waals surface area contributed by atoms with E-state index in [1.54, 1.807) is 6.07 Å². The molecule has 1 N–H and O–H groups in total. The van der Waals surface area contributed by atoms with Gasteiger partial charge in [-0.1, -0.05) is 23.7 Å². The van der Waals surface area contributed by atoms with Crippen LogP contribution in [-0.4, -0.2) is 0 Å². The van der Waals surface area contributed by atoms with Crippen LogP contribution >= 0.6 is 34.2 Å². The van der Waals surface area contributed by atoms with E-state index in [1.807, 2.05) is 36.4 Å². The highest BCUT2D eigenvalue weighted by atomic mass is 127. The van der Waals surface area contributed by atoms with Crippen LogP contribution < -0.4 is 5.32 Å². The maximum atomic E-state index is 9.00. The molecular formula is C13H8ClIN2. The molecule has 0 aliphatic carbocycles. The van der Waals surface area contributed by atoms with Crippen LogP contribution in [0.15, 0.2) is 42.5 Å². The first-order valence-electron chi connectivity index (χ1n) is 4.92. The first kappa shape index (κ1) is 12.2. The summed E-state index contributed by atoms with van der Waals surface area (Å²) < 4.78 is 1.02. The van der Waals surface area contributed by atoms with E-state index in [9.17, 15) is 0 Å². The Morgan fingerprint density at radius 2 is 1.88 bits per heavy atom. The number of benzene rings is 2. The summed E-state index contributed by atoms with van der Waals surface area (Å²) in [6, 6.07) is 15.2. The van der Waals surface area contributed by atoms with E-state index in [4.69, 9.17) is 16.9 Å². The summed E-state index contributed by atoms with van der Waals surface area (Å²) in [5.41, 5.74) is 2.37. The Morgan fingerprint density at radius 3 is 2.59 bits per heavy atom. The number of anilines is 2. The van der Waals surface area contributed by atoms with E-state index in [0.717, 1.165) is 14.9 Å². The fourth-order valence-corrected chi connectivity index (χ4v) is 2.43. The van der Waals surface area contributed by atoms with E-state index in [-0.39, 0.29) is 0 Å². The van der Waals surface area contributed by atoms with Crippen LogP contribution in [0.4, 0.5) is 11.4 Å². The maximum absolute atomic E-state index is 9.00. The Morgan fingerprint density at radius 1 is 1.12 bits per heavy atom. The molecule has 84 valence electrons. The molecule has 2 aromatic carbocycles. The van der Waals surface area contributed by atoms with Gasteiger partial charge in [0, 0.05) is 8.59 Å². The lowest BCUT2D eigenvalue weighted by Gasteiger charge is -2.10. The van der Waals surface area contributed by atoms with Gasteiger partial charge in [-0.05, 0) is 52.9 Å². The van der Waals surface area contributed by atoms with Crippen LogP contribution in [-0.2, 0) is 0 Å². The van der Waals surface area contributed by atoms with Gasteiger partial charge in [0.25, 0.3) is 0 Å². The van der Waals surface area contributed by atoms with E-state index >= 15 is 0 Å². The fourth-order valence-electron chi connectivity index (χ4n) is 1.43. The van der Waals surface area contributed by atoms with E-state index in [2.05, 4.69) is 34.0 Å². The Bertz CT molecular complexity index is 590. The molecule has 2 nitrogen and oxygen atoms in total. The zero-order valence-corrected chi connectivity index (χ0v) is 11.7. The third kappa shape index (κ3) is 2.90. The average molecular weight is 355 g/mol. The van der Waals surface area contributed by atoms with Crippen molar-refractivity contribution in [2.24, 2.45) is 0 Å². The Balaban J connectivity index is 2.35. The van der Waals surface area contributed by atoms with Gasteiger partial charge in [-0.3, -0.25) is 0 Å². The van der Waals surface area contributed by atoms with Crippen LogP contribution in [0.25, 0.3) is 0 Å². The van der Waals surface area contributed by atoms with Gasteiger partial charge in [-0.15, -0.1) is 0 Å². The molecule has 2 aromatic rings. The van der Waals surface area contributed by atoms with Crippen LogP contribution in [0.1, 0.15) is 5.56 Å². The normalized spacial score (nSPS) is 9.71. The van der Waals surface area contributed by atoms with Crippen molar-refractivity contribution in [1.29, 1.82) is 5.26 Å². The molecule has 0 aliphatic rings. The molecule has 0 bridgehead atoms. The number of rotatable bonds is 2. The zero-order chi connectivity index (χ0) is 12.3. The van der Waals surface area contributed by atoms with Crippen LogP contribution in [0.5, 0.6) is 0 Å². The Hall–Kier alpha value is -1.25. The monoisotopic (exact) mass is 354 g/mol. The number of nitrogens with one attached hydrogen (secondary N) is 1. The molecule has 0 fully saturated rings. The van der Waals surface area contributed by atoms with Gasteiger partial charge in [-0.2, -0.15) is 5.26 Å². The Labute approximate surface area is 118 Å². The highest BCUT2D eigenvalue weighted by Crippen LogP contribution is 2.26. The van der Waals surface area contributed by atoms with Crippen molar-refractivity contribution in [1.82, 2.24) is 0 Å². The lowest BCUT2D eigenvalue weighted by atomic mass is 10.2. The zero-order valence-electron chi connectivity index (χ0n) is 8.74. The molecule has 0 heterocycles. The smallest absolute Gasteiger partial charge is 0.101 e. The van der Waals surface area contributed by atoms with Crippen LogP contribution in [0.2, 0.25) is 5.02 Å². The summed E-state index contributed by atoms with van der Waals surface area (Å²) in [7, 11) is 0. The molecule has 0 aliphatic heterocycles. The maximum Gasteiger partial charge on any atom is 0.101 e. The van der Waals surface area contributed by atoms with Gasteiger partial charge in [0.1, 0.15) is 6.07 Å². The van der Waals surface area contributed by atoms with Gasteiger partial charge in [0.15, 0.2) is 0 Å². The first-order valence-corrected chi connectivity index (χ1v) is 6.37. The van der Waals surface area contributed by atoms with Crippen molar-refractivity contribution < 1.29 is 0 Å². The molecule has 0 amide bonds. The SMILES string of the molecule is N#Cc1ccccc1Nc1ccc(Cl)cc1I. The van der Waals surface area contributed by atoms with Gasteiger partial charge < -0.3 is 5.32 Å². The predicted octanol–water partition coefficient (Wildman–Crippen LogP) is 4.56. The van der Waals surface area contributed by atoms with Crippen molar-refractivity contribution in [2.45, 2.75) is 0 Å². The quantitative estimate of drug-likeness (QED) is 0.803. The third-order valence-corrected chi connectivity index (χ3v) is 3.38. The van der Waals surface area contributed by atoms with Crippen LogP contribution in [0.3, 0.4) is 0 Å². The summed E-state index contributed by atoms with van der Waals surface area (Å²) in [5, 5.41) is 12.9. The minimum Gasteiger partial charge on any atom is -0.354 e. The van der Waals surface area contributed by atoms with Gasteiger partial charge in [-0.25, -0.2) is 0 Å². The van der Waals surface area contributed by atoms with E-state index < -0.39 is 0 Å². The van der Waals surface area contributed by atoms with E-state index in [0.29, 0.717) is 10.6 Å². The summed E-state index contributed by atoms with van der Waals surface area (Å²) in [6.45, 7) is 0. The van der Waals surface area contributed by atoms with E-state index in [1.165, 1.54) is 0 Å². The molecular weight excluding hydrogens is 347 g/mol. The Kier molecular flexibility index (Phi) is 3.87. The number of hydrogen-bond donors (Lipinski definition) is 1. The number of hydrogen-bond acceptors (Lipinski definition) is 2. The van der Waals surface area contributed by atoms with Crippen LogP contribution in [0, 0.1) is 14.9 Å². The number of para-hydroxylation sites is 1. The molecule has 0 saturated carbocycles. The third-order valence-electron chi connectivity index (χ3n) is 2.25. The molecule has 0 unspecified atom stereocenters. The summed E-state index contributed by atoms with van der Waals surface area (Å²) in [6.07, 6.45) is 0. The largest absolute Gasteiger partial charge is 0.354 e. The topological polar surface area (TPSA) is 35.8 Å². The standard InChI is InChI=1S/C13H8ClIN2/c14-10-5-6-13(11(15)7-10)17-12-4-2-1-3-9(12)8-16/h1-7,17H. The minimum absolute atomic E-state index is 0.623. The molecule has 0 spiro atoms. The predicted molar refractivity (Wildman–Crippen MR) is 78.6 cm³/mol.